The van der Waals surface area contributed by atoms with Crippen LogP contribution in [0.15, 0.2) is 0 Å². The van der Waals surface area contributed by atoms with E-state index >= 15 is 0 Å². The normalized spacial score (nSPS) is 13.6. The smallest absolute Gasteiger partial charge is 0.457 e. The van der Waals surface area contributed by atoms with Gasteiger partial charge in [-0.15, -0.1) is 0 Å². The lowest BCUT2D eigenvalue weighted by Crippen LogP contribution is -2.37. The summed E-state index contributed by atoms with van der Waals surface area (Å²) >= 11 is 0. The Kier molecular flexibility index (Phi) is 39.9. The first-order valence-electron chi connectivity index (χ1n) is 23.8. The summed E-state index contributed by atoms with van der Waals surface area (Å²) in [6, 6.07) is 0. The monoisotopic (exact) mass is 805 g/mol. The van der Waals surface area contributed by atoms with Crippen LogP contribution in [-0.2, 0) is 27.9 Å². The molecule has 9 heteroatoms. The summed E-state index contributed by atoms with van der Waals surface area (Å²) in [5.74, 6) is -0.306. The number of phosphoric ester groups is 1. The number of esters is 1. The van der Waals surface area contributed by atoms with Crippen molar-refractivity contribution in [3.05, 3.63) is 0 Å². The summed E-state index contributed by atoms with van der Waals surface area (Å²) < 4.78 is 35.1. The number of unbranched alkanes of at least 4 members (excludes halogenated alkanes) is 31. The van der Waals surface area contributed by atoms with Crippen molar-refractivity contribution in [3.63, 3.8) is 0 Å². The third-order valence-corrected chi connectivity index (χ3v) is 11.7. The molecule has 330 valence electrons. The maximum absolute atomic E-state index is 12.7. The number of likely N-dealkylation sites (N-methyl/N-ethyl adjacent to an activating group) is 1. The Morgan fingerprint density at radius 3 is 1.20 bits per heavy atom. The lowest BCUT2D eigenvalue weighted by Gasteiger charge is -2.24. The first-order chi connectivity index (χ1) is 26.6. The topological polar surface area (TPSA) is 91.3 Å². The molecule has 2 atom stereocenters. The van der Waals surface area contributed by atoms with Gasteiger partial charge in [0, 0.05) is 13.0 Å². The molecule has 0 heterocycles. The van der Waals surface area contributed by atoms with Crippen molar-refractivity contribution >= 4 is 13.8 Å². The van der Waals surface area contributed by atoms with Crippen LogP contribution in [0, 0.1) is 0 Å². The van der Waals surface area contributed by atoms with E-state index in [-0.39, 0.29) is 25.8 Å². The average molecular weight is 805 g/mol. The lowest BCUT2D eigenvalue weighted by molar-refractivity contribution is -0.870. The zero-order valence-electron chi connectivity index (χ0n) is 37.4. The number of phosphoric acid groups is 1. The van der Waals surface area contributed by atoms with Gasteiger partial charge in [-0.2, -0.15) is 0 Å². The first-order valence-corrected chi connectivity index (χ1v) is 25.3. The molecule has 0 aliphatic carbocycles. The van der Waals surface area contributed by atoms with Gasteiger partial charge in [0.2, 0.25) is 0 Å². The van der Waals surface area contributed by atoms with Gasteiger partial charge < -0.3 is 18.9 Å². The van der Waals surface area contributed by atoms with E-state index < -0.39 is 13.9 Å². The van der Waals surface area contributed by atoms with Crippen LogP contribution in [0.2, 0.25) is 0 Å². The number of ether oxygens (including phenoxy) is 2. The summed E-state index contributed by atoms with van der Waals surface area (Å²) in [6.45, 7) is 5.69. The molecule has 0 aromatic heterocycles. The average Bonchev–Trinajstić information content (AvgIpc) is 3.13. The second kappa shape index (κ2) is 40.3. The van der Waals surface area contributed by atoms with Crippen LogP contribution in [0.4, 0.5) is 0 Å². The van der Waals surface area contributed by atoms with Gasteiger partial charge in [-0.25, -0.2) is 4.57 Å². The summed E-state index contributed by atoms with van der Waals surface area (Å²) in [5, 5.41) is 0. The van der Waals surface area contributed by atoms with E-state index in [1.165, 1.54) is 180 Å². The molecule has 1 N–H and O–H groups in total. The van der Waals surface area contributed by atoms with E-state index in [4.69, 9.17) is 18.5 Å². The molecule has 0 saturated heterocycles. The predicted molar refractivity (Wildman–Crippen MR) is 234 cm³/mol. The zero-order chi connectivity index (χ0) is 40.6. The third kappa shape index (κ3) is 44.4. The maximum atomic E-state index is 12.7. The molecular formula is C46H95NO7P+. The van der Waals surface area contributed by atoms with Gasteiger partial charge in [-0.05, 0) is 12.8 Å². The van der Waals surface area contributed by atoms with Crippen molar-refractivity contribution in [2.45, 2.75) is 238 Å². The predicted octanol–water partition coefficient (Wildman–Crippen LogP) is 14.1. The molecule has 0 fully saturated rings. The Hall–Kier alpha value is -0.500. The summed E-state index contributed by atoms with van der Waals surface area (Å²) in [6.07, 6.45) is 42.7. The van der Waals surface area contributed by atoms with E-state index in [0.717, 1.165) is 32.1 Å². The van der Waals surface area contributed by atoms with Gasteiger partial charge in [-0.1, -0.05) is 213 Å². The molecule has 8 nitrogen and oxygen atoms in total. The van der Waals surface area contributed by atoms with Gasteiger partial charge in [0.1, 0.15) is 19.3 Å². The van der Waals surface area contributed by atoms with Crippen LogP contribution >= 0.6 is 7.82 Å². The molecule has 0 bridgehead atoms. The highest BCUT2D eigenvalue weighted by Gasteiger charge is 2.26. The molecule has 0 aromatic rings. The highest BCUT2D eigenvalue weighted by Crippen LogP contribution is 2.43. The van der Waals surface area contributed by atoms with Crippen LogP contribution < -0.4 is 0 Å². The minimum absolute atomic E-state index is 0.0940. The van der Waals surface area contributed by atoms with E-state index in [2.05, 4.69) is 13.8 Å². The molecule has 1 unspecified atom stereocenters. The van der Waals surface area contributed by atoms with Crippen LogP contribution in [0.3, 0.4) is 0 Å². The number of quaternary nitrogens is 1. The third-order valence-electron chi connectivity index (χ3n) is 10.7. The Labute approximate surface area is 342 Å². The fraction of sp³-hybridized carbons (Fsp3) is 0.978. The molecule has 0 amide bonds. The molecule has 0 aromatic carbocycles. The van der Waals surface area contributed by atoms with Crippen molar-refractivity contribution in [1.29, 1.82) is 0 Å². The number of rotatable bonds is 45. The minimum atomic E-state index is -4.27. The number of hydrogen-bond donors (Lipinski definition) is 1. The first kappa shape index (κ1) is 54.5. The number of nitrogens with zero attached hydrogens (tertiary/aromatic N) is 1. The van der Waals surface area contributed by atoms with Gasteiger partial charge in [0.15, 0.2) is 0 Å². The van der Waals surface area contributed by atoms with E-state index in [0.29, 0.717) is 24.1 Å². The van der Waals surface area contributed by atoms with E-state index in [1.54, 1.807) is 0 Å². The minimum Gasteiger partial charge on any atom is -0.457 e. The van der Waals surface area contributed by atoms with Crippen molar-refractivity contribution < 1.29 is 37.3 Å². The highest BCUT2D eigenvalue weighted by molar-refractivity contribution is 7.47. The van der Waals surface area contributed by atoms with Crippen molar-refractivity contribution in [2.75, 3.05) is 54.1 Å². The number of carbonyl (C=O) groups is 1. The van der Waals surface area contributed by atoms with Gasteiger partial charge >= 0.3 is 13.8 Å². The fourth-order valence-electron chi connectivity index (χ4n) is 6.97. The van der Waals surface area contributed by atoms with E-state index in [9.17, 15) is 14.3 Å². The summed E-state index contributed by atoms with van der Waals surface area (Å²) in [7, 11) is 1.69. The quantitative estimate of drug-likeness (QED) is 0.0284. The van der Waals surface area contributed by atoms with Crippen LogP contribution in [0.5, 0.6) is 0 Å². The second-order valence-electron chi connectivity index (χ2n) is 17.5. The number of hydrogen-bond acceptors (Lipinski definition) is 6. The van der Waals surface area contributed by atoms with Crippen molar-refractivity contribution in [2.24, 2.45) is 0 Å². The Balaban J connectivity index is 4.12. The Morgan fingerprint density at radius 1 is 0.491 bits per heavy atom. The Bertz CT molecular complexity index is 853. The molecular weight excluding hydrogens is 709 g/mol. The lowest BCUT2D eigenvalue weighted by atomic mass is 10.0. The van der Waals surface area contributed by atoms with Gasteiger partial charge in [0.25, 0.3) is 0 Å². The van der Waals surface area contributed by atoms with Crippen LogP contribution in [0.1, 0.15) is 232 Å². The number of carbonyl (C=O) groups excluding carboxylic acids is 1. The van der Waals surface area contributed by atoms with E-state index in [1.807, 2.05) is 21.1 Å². The molecule has 0 aliphatic rings. The maximum Gasteiger partial charge on any atom is 0.472 e. The standard InChI is InChI=1S/C46H94NO7P/c1-6-8-10-12-14-16-18-20-22-23-24-25-26-27-29-31-33-35-37-39-46(48)54-45(44-53-55(49,50)52-42-40-47(3,4)5)43-51-41-38-36-34-32-30-28-21-19-17-15-13-11-9-7-2/h45H,6-44H2,1-5H3/p+1/t45-/m1/s1. The molecule has 0 aliphatic heterocycles. The van der Waals surface area contributed by atoms with Crippen molar-refractivity contribution in [3.8, 4) is 0 Å². The van der Waals surface area contributed by atoms with Gasteiger partial charge in [-0.3, -0.25) is 13.8 Å². The molecule has 0 rings (SSSR count). The SMILES string of the molecule is CCCCCCCCCCCCCCCCCCCCCC(=O)O[C@H](COCCCCCCCCCCCCCCCC)COP(=O)(O)OCC[N+](C)(C)C. The van der Waals surface area contributed by atoms with Crippen LogP contribution in [-0.4, -0.2) is 75.6 Å². The summed E-state index contributed by atoms with van der Waals surface area (Å²) in [5.41, 5.74) is 0. The molecule has 0 spiro atoms. The fourth-order valence-corrected chi connectivity index (χ4v) is 7.71. The molecule has 0 saturated carbocycles. The van der Waals surface area contributed by atoms with Gasteiger partial charge in [0.05, 0.1) is 34.4 Å². The molecule has 55 heavy (non-hydrogen) atoms. The summed E-state index contributed by atoms with van der Waals surface area (Å²) in [4.78, 5) is 22.9. The zero-order valence-corrected chi connectivity index (χ0v) is 38.3. The Morgan fingerprint density at radius 2 is 0.836 bits per heavy atom. The molecule has 0 radical (unpaired) electrons. The van der Waals surface area contributed by atoms with Crippen LogP contribution in [0.25, 0.3) is 0 Å². The van der Waals surface area contributed by atoms with Crippen molar-refractivity contribution in [1.82, 2.24) is 0 Å². The second-order valence-corrected chi connectivity index (χ2v) is 19.0. The largest absolute Gasteiger partial charge is 0.472 e. The highest BCUT2D eigenvalue weighted by atomic mass is 31.2.